The molecule has 1 aromatic carbocycles. The number of hydrogen-bond donors (Lipinski definition) is 0. The van der Waals surface area contributed by atoms with Crippen molar-refractivity contribution in [1.29, 1.82) is 0 Å². The van der Waals surface area contributed by atoms with Crippen LogP contribution in [-0.2, 0) is 16.3 Å². The molecule has 36 heavy (non-hydrogen) atoms. The van der Waals surface area contributed by atoms with Crippen molar-refractivity contribution < 1.29 is 12.8 Å². The van der Waals surface area contributed by atoms with Crippen LogP contribution in [-0.4, -0.2) is 59.0 Å². The predicted octanol–water partition coefficient (Wildman–Crippen LogP) is 5.26. The SMILES string of the molecule is Cc1coc2ccc(-c3ccc4c(CCN(C)C5CCS(=O)(=O)CC5)cn(-c5cscn5)c4n3)cc12. The number of thiazole rings is 1. The number of aromatic nitrogens is 3. The summed E-state index contributed by atoms with van der Waals surface area (Å²) in [5.41, 5.74) is 7.90. The van der Waals surface area contributed by atoms with E-state index in [2.05, 4.69) is 58.9 Å². The van der Waals surface area contributed by atoms with Crippen molar-refractivity contribution in [3.05, 3.63) is 64.8 Å². The topological polar surface area (TPSA) is 81.2 Å². The highest BCUT2D eigenvalue weighted by molar-refractivity contribution is 7.91. The zero-order chi connectivity index (χ0) is 24.9. The molecule has 9 heteroatoms. The molecule has 0 amide bonds. The summed E-state index contributed by atoms with van der Waals surface area (Å²) in [6.07, 6.45) is 6.22. The molecule has 4 aromatic heterocycles. The average molecular weight is 521 g/mol. The van der Waals surface area contributed by atoms with E-state index in [1.165, 1.54) is 5.56 Å². The molecule has 6 rings (SSSR count). The molecule has 7 nitrogen and oxygen atoms in total. The first-order chi connectivity index (χ1) is 17.4. The van der Waals surface area contributed by atoms with Crippen LogP contribution < -0.4 is 0 Å². The first-order valence-electron chi connectivity index (χ1n) is 12.2. The highest BCUT2D eigenvalue weighted by atomic mass is 32.2. The number of nitrogens with zero attached hydrogens (tertiary/aromatic N) is 4. The standard InChI is InChI=1S/C27H28N4O3S2/c1-18-15-34-25-6-3-19(13-23(18)25)24-5-4-22-20(14-31(27(22)29-24)26-16-35-17-28-26)7-10-30(2)21-8-11-36(32,33)12-9-21/h3-6,13-17,21H,7-12H2,1-2H3. The van der Waals surface area contributed by atoms with Gasteiger partial charge >= 0.3 is 0 Å². The summed E-state index contributed by atoms with van der Waals surface area (Å²) in [5.74, 6) is 1.46. The first kappa shape index (κ1) is 23.4. The number of fused-ring (bicyclic) bond motifs is 2. The molecule has 0 spiro atoms. The van der Waals surface area contributed by atoms with Crippen LogP contribution in [0.15, 0.2) is 58.1 Å². The maximum Gasteiger partial charge on any atom is 0.150 e. The Balaban J connectivity index is 1.32. The molecule has 1 fully saturated rings. The van der Waals surface area contributed by atoms with E-state index in [1.807, 2.05) is 17.0 Å². The van der Waals surface area contributed by atoms with E-state index in [-0.39, 0.29) is 0 Å². The Hall–Kier alpha value is -3.01. The smallest absolute Gasteiger partial charge is 0.150 e. The zero-order valence-corrected chi connectivity index (χ0v) is 22.0. The Labute approximate surface area is 214 Å². The summed E-state index contributed by atoms with van der Waals surface area (Å²) in [7, 11) is -0.751. The van der Waals surface area contributed by atoms with Crippen LogP contribution >= 0.6 is 11.3 Å². The third-order valence-corrected chi connectivity index (χ3v) is 9.63. The van der Waals surface area contributed by atoms with Gasteiger partial charge in [0.25, 0.3) is 0 Å². The second kappa shape index (κ2) is 9.14. The van der Waals surface area contributed by atoms with Crippen molar-refractivity contribution in [1.82, 2.24) is 19.4 Å². The van der Waals surface area contributed by atoms with Gasteiger partial charge in [0.05, 0.1) is 29.0 Å². The number of hydrogen-bond acceptors (Lipinski definition) is 7. The fraction of sp³-hybridized carbons (Fsp3) is 0.333. The monoisotopic (exact) mass is 520 g/mol. The van der Waals surface area contributed by atoms with Crippen molar-refractivity contribution in [3.63, 3.8) is 0 Å². The van der Waals surface area contributed by atoms with Crippen LogP contribution in [0.25, 0.3) is 39.1 Å². The molecule has 0 saturated carbocycles. The minimum atomic E-state index is -2.85. The second-order valence-corrected chi connectivity index (χ2v) is 12.7. The van der Waals surface area contributed by atoms with Crippen LogP contribution in [0.4, 0.5) is 0 Å². The number of aryl methyl sites for hydroxylation is 1. The van der Waals surface area contributed by atoms with Gasteiger partial charge in [-0.1, -0.05) is 0 Å². The molecule has 0 N–H and O–H groups in total. The Morgan fingerprint density at radius 1 is 1.17 bits per heavy atom. The lowest BCUT2D eigenvalue weighted by Gasteiger charge is -2.31. The Kier molecular flexibility index (Phi) is 5.94. The zero-order valence-electron chi connectivity index (χ0n) is 20.3. The Morgan fingerprint density at radius 2 is 2.00 bits per heavy atom. The lowest BCUT2D eigenvalue weighted by Crippen LogP contribution is -2.39. The highest BCUT2D eigenvalue weighted by Gasteiger charge is 2.26. The molecule has 1 aliphatic rings. The number of furan rings is 1. The van der Waals surface area contributed by atoms with E-state index in [0.29, 0.717) is 30.4 Å². The normalized spacial score (nSPS) is 16.4. The van der Waals surface area contributed by atoms with Crippen LogP contribution in [0, 0.1) is 6.92 Å². The van der Waals surface area contributed by atoms with Gasteiger partial charge in [-0.25, -0.2) is 18.4 Å². The Bertz CT molecular complexity index is 1640. The summed E-state index contributed by atoms with van der Waals surface area (Å²) in [6.45, 7) is 2.91. The molecule has 0 unspecified atom stereocenters. The van der Waals surface area contributed by atoms with Crippen LogP contribution in [0.3, 0.4) is 0 Å². The van der Waals surface area contributed by atoms with E-state index in [9.17, 15) is 8.42 Å². The molecule has 0 aliphatic carbocycles. The molecule has 5 heterocycles. The number of rotatable bonds is 6. The summed E-state index contributed by atoms with van der Waals surface area (Å²) >= 11 is 1.57. The molecule has 1 saturated heterocycles. The van der Waals surface area contributed by atoms with Crippen molar-refractivity contribution in [2.45, 2.75) is 32.2 Å². The fourth-order valence-corrected chi connectivity index (χ4v) is 7.13. The van der Waals surface area contributed by atoms with Crippen LogP contribution in [0.2, 0.25) is 0 Å². The molecule has 1 aliphatic heterocycles. The van der Waals surface area contributed by atoms with Crippen molar-refractivity contribution in [2.24, 2.45) is 0 Å². The number of benzene rings is 1. The minimum Gasteiger partial charge on any atom is -0.464 e. The third kappa shape index (κ3) is 4.36. The lowest BCUT2D eigenvalue weighted by atomic mass is 10.1. The lowest BCUT2D eigenvalue weighted by molar-refractivity contribution is 0.229. The van der Waals surface area contributed by atoms with Gasteiger partial charge < -0.3 is 9.32 Å². The molecule has 0 atom stereocenters. The minimum absolute atomic E-state index is 0.294. The highest BCUT2D eigenvalue weighted by Crippen LogP contribution is 2.30. The molecular formula is C27H28N4O3S2. The summed E-state index contributed by atoms with van der Waals surface area (Å²) in [6, 6.07) is 10.8. The van der Waals surface area contributed by atoms with Crippen molar-refractivity contribution >= 4 is 43.2 Å². The van der Waals surface area contributed by atoms with E-state index in [0.717, 1.165) is 57.6 Å². The number of sulfone groups is 1. The van der Waals surface area contributed by atoms with E-state index in [1.54, 1.807) is 17.6 Å². The fourth-order valence-electron chi connectivity index (χ4n) is 5.14. The Morgan fingerprint density at radius 3 is 2.78 bits per heavy atom. The van der Waals surface area contributed by atoms with Crippen molar-refractivity contribution in [3.8, 4) is 17.1 Å². The van der Waals surface area contributed by atoms with Crippen LogP contribution in [0.1, 0.15) is 24.0 Å². The molecule has 186 valence electrons. The molecule has 0 radical (unpaired) electrons. The molecule has 0 bridgehead atoms. The largest absolute Gasteiger partial charge is 0.464 e. The van der Waals surface area contributed by atoms with Gasteiger partial charge in [-0.15, -0.1) is 11.3 Å². The third-order valence-electron chi connectivity index (χ3n) is 7.34. The van der Waals surface area contributed by atoms with E-state index < -0.39 is 9.84 Å². The summed E-state index contributed by atoms with van der Waals surface area (Å²) < 4.78 is 31.3. The molecular weight excluding hydrogens is 492 g/mol. The molecule has 5 aromatic rings. The quantitative estimate of drug-likeness (QED) is 0.304. The van der Waals surface area contributed by atoms with Gasteiger partial charge in [0.2, 0.25) is 0 Å². The first-order valence-corrected chi connectivity index (χ1v) is 14.9. The maximum absolute atomic E-state index is 11.8. The van der Waals surface area contributed by atoms with Crippen LogP contribution in [0.5, 0.6) is 0 Å². The summed E-state index contributed by atoms with van der Waals surface area (Å²) in [4.78, 5) is 11.9. The van der Waals surface area contributed by atoms with Gasteiger partial charge in [-0.2, -0.15) is 0 Å². The average Bonchev–Trinajstić information content (AvgIpc) is 3.61. The summed E-state index contributed by atoms with van der Waals surface area (Å²) in [5, 5.41) is 4.25. The van der Waals surface area contributed by atoms with E-state index in [4.69, 9.17) is 9.40 Å². The van der Waals surface area contributed by atoms with Crippen molar-refractivity contribution in [2.75, 3.05) is 25.1 Å². The van der Waals surface area contributed by atoms with Gasteiger partial charge in [0, 0.05) is 40.5 Å². The second-order valence-electron chi connectivity index (χ2n) is 9.68. The number of likely N-dealkylation sites (N-methyl/N-ethyl adjacent to an activating group) is 1. The van der Waals surface area contributed by atoms with Gasteiger partial charge in [0.1, 0.15) is 26.9 Å². The van der Waals surface area contributed by atoms with Gasteiger partial charge in [0.15, 0.2) is 0 Å². The maximum atomic E-state index is 11.8. The van der Waals surface area contributed by atoms with Gasteiger partial charge in [-0.05, 0) is 74.7 Å². The van der Waals surface area contributed by atoms with E-state index >= 15 is 0 Å². The number of pyridine rings is 1. The van der Waals surface area contributed by atoms with Gasteiger partial charge in [-0.3, -0.25) is 4.57 Å². The predicted molar refractivity (Wildman–Crippen MR) is 145 cm³/mol.